The van der Waals surface area contributed by atoms with Gasteiger partial charge in [-0.3, -0.25) is 9.78 Å². The molecule has 2 aliphatic rings. The topological polar surface area (TPSA) is 66.3 Å². The summed E-state index contributed by atoms with van der Waals surface area (Å²) in [5, 5.41) is 10.6. The van der Waals surface area contributed by atoms with Crippen LogP contribution in [0, 0.1) is 11.8 Å². The number of hydrogen-bond donors (Lipinski definition) is 1. The molecule has 5 heteroatoms. The van der Waals surface area contributed by atoms with Crippen molar-refractivity contribution in [2.45, 2.75) is 25.4 Å². The predicted octanol–water partition coefficient (Wildman–Crippen LogP) is 0.710. The molecule has 0 spiro atoms. The van der Waals surface area contributed by atoms with Crippen LogP contribution in [0.3, 0.4) is 0 Å². The number of aliphatic hydroxyl groups is 1. The number of hydrogen-bond acceptors (Lipinski definition) is 4. The molecule has 0 aromatic carbocycles. The molecule has 5 nitrogen and oxygen atoms in total. The van der Waals surface area contributed by atoms with Crippen molar-refractivity contribution in [1.29, 1.82) is 0 Å². The molecule has 2 atom stereocenters. The second-order valence-corrected chi connectivity index (χ2v) is 5.44. The summed E-state index contributed by atoms with van der Waals surface area (Å²) in [6, 6.07) is 0. The summed E-state index contributed by atoms with van der Waals surface area (Å²) in [7, 11) is 0. The number of aromatic nitrogens is 2. The summed E-state index contributed by atoms with van der Waals surface area (Å²) in [5.74, 6) is 0.365. The molecular formula is C13H17N3O2. The molecular weight excluding hydrogens is 230 g/mol. The lowest BCUT2D eigenvalue weighted by Gasteiger charge is -2.26. The van der Waals surface area contributed by atoms with E-state index in [0.717, 1.165) is 12.8 Å². The second kappa shape index (κ2) is 4.02. The molecule has 1 aromatic heterocycles. The average molecular weight is 247 g/mol. The van der Waals surface area contributed by atoms with E-state index in [1.165, 1.54) is 12.4 Å². The molecule has 1 saturated carbocycles. The largest absolute Gasteiger partial charge is 0.387 e. The van der Waals surface area contributed by atoms with Gasteiger partial charge < -0.3 is 10.0 Å². The van der Waals surface area contributed by atoms with Crippen LogP contribution >= 0.6 is 0 Å². The highest BCUT2D eigenvalue weighted by atomic mass is 16.3. The first-order chi connectivity index (χ1) is 8.61. The van der Waals surface area contributed by atoms with Gasteiger partial charge in [0.15, 0.2) is 0 Å². The molecule has 3 rings (SSSR count). The monoisotopic (exact) mass is 247 g/mol. The van der Waals surface area contributed by atoms with Crippen molar-refractivity contribution in [1.82, 2.24) is 14.9 Å². The van der Waals surface area contributed by atoms with Gasteiger partial charge in [-0.15, -0.1) is 0 Å². The Morgan fingerprint density at radius 1 is 1.50 bits per heavy atom. The Morgan fingerprint density at radius 3 is 2.89 bits per heavy atom. The number of β-amino-alcohol motifs (C(OH)–C–C–N with tert-alkyl or cyclic N) is 1. The summed E-state index contributed by atoms with van der Waals surface area (Å²) >= 11 is 0. The minimum Gasteiger partial charge on any atom is -0.387 e. The summed E-state index contributed by atoms with van der Waals surface area (Å²) < 4.78 is 0. The van der Waals surface area contributed by atoms with Crippen LogP contribution in [0.5, 0.6) is 0 Å². The fraction of sp³-hybridized carbons (Fsp3) is 0.615. The summed E-state index contributed by atoms with van der Waals surface area (Å²) in [4.78, 5) is 21.9. The van der Waals surface area contributed by atoms with Crippen LogP contribution in [0.2, 0.25) is 0 Å². The van der Waals surface area contributed by atoms with Crippen LogP contribution in [0.4, 0.5) is 0 Å². The first kappa shape index (κ1) is 11.6. The molecule has 96 valence electrons. The first-order valence-corrected chi connectivity index (χ1v) is 6.39. The van der Waals surface area contributed by atoms with E-state index in [1.54, 1.807) is 11.1 Å². The maximum absolute atomic E-state index is 12.2. The van der Waals surface area contributed by atoms with Crippen LogP contribution in [0.15, 0.2) is 18.6 Å². The third-order valence-electron chi connectivity index (χ3n) is 4.15. The molecule has 2 heterocycles. The molecule has 0 radical (unpaired) electrons. The van der Waals surface area contributed by atoms with Crippen molar-refractivity contribution in [3.05, 3.63) is 24.3 Å². The quantitative estimate of drug-likeness (QED) is 0.836. The SMILES string of the molecule is CC1CN(C(=O)c2cnccn2)CC1(O)C1CC1. The fourth-order valence-corrected chi connectivity index (χ4v) is 2.86. The van der Waals surface area contributed by atoms with Crippen LogP contribution in [0.1, 0.15) is 30.3 Å². The Morgan fingerprint density at radius 2 is 2.28 bits per heavy atom. The maximum atomic E-state index is 12.2. The molecule has 1 aliphatic carbocycles. The minimum absolute atomic E-state index is 0.130. The van der Waals surface area contributed by atoms with Gasteiger partial charge in [0.25, 0.3) is 5.91 Å². The lowest BCUT2D eigenvalue weighted by Crippen LogP contribution is -2.40. The second-order valence-electron chi connectivity index (χ2n) is 5.44. The van der Waals surface area contributed by atoms with E-state index in [9.17, 15) is 9.90 Å². The summed E-state index contributed by atoms with van der Waals surface area (Å²) in [5.41, 5.74) is -0.345. The third-order valence-corrected chi connectivity index (χ3v) is 4.15. The molecule has 2 unspecified atom stereocenters. The highest BCUT2D eigenvalue weighted by molar-refractivity contribution is 5.92. The minimum atomic E-state index is -0.697. The molecule has 1 amide bonds. The number of nitrogens with zero attached hydrogens (tertiary/aromatic N) is 3. The zero-order chi connectivity index (χ0) is 12.8. The first-order valence-electron chi connectivity index (χ1n) is 6.39. The number of amides is 1. The van der Waals surface area contributed by atoms with Crippen molar-refractivity contribution >= 4 is 5.91 Å². The van der Waals surface area contributed by atoms with Gasteiger partial charge in [-0.1, -0.05) is 6.92 Å². The smallest absolute Gasteiger partial charge is 0.274 e. The normalized spacial score (nSPS) is 31.7. The zero-order valence-corrected chi connectivity index (χ0v) is 10.4. The van der Waals surface area contributed by atoms with Crippen molar-refractivity contribution in [3.8, 4) is 0 Å². The number of carbonyl (C=O) groups excluding carboxylic acids is 1. The van der Waals surface area contributed by atoms with E-state index >= 15 is 0 Å². The fourth-order valence-electron chi connectivity index (χ4n) is 2.86. The van der Waals surface area contributed by atoms with Crippen molar-refractivity contribution in [3.63, 3.8) is 0 Å². The Labute approximate surface area is 106 Å². The van der Waals surface area contributed by atoms with Gasteiger partial charge in [-0.05, 0) is 18.8 Å². The van der Waals surface area contributed by atoms with Gasteiger partial charge in [0.1, 0.15) is 5.69 Å². The predicted molar refractivity (Wildman–Crippen MR) is 64.8 cm³/mol. The number of likely N-dealkylation sites (tertiary alicyclic amines) is 1. The van der Waals surface area contributed by atoms with E-state index in [4.69, 9.17) is 0 Å². The van der Waals surface area contributed by atoms with E-state index in [-0.39, 0.29) is 11.8 Å². The standard InChI is InChI=1S/C13H17N3O2/c1-9-7-16(8-13(9,18)10-2-3-10)12(17)11-6-14-4-5-15-11/h4-6,9-10,18H,2-3,7-8H2,1H3. The molecule has 1 aromatic rings. The van der Waals surface area contributed by atoms with Gasteiger partial charge in [0.2, 0.25) is 0 Å². The van der Waals surface area contributed by atoms with E-state index in [2.05, 4.69) is 9.97 Å². The summed E-state index contributed by atoms with van der Waals surface area (Å²) in [6.07, 6.45) is 6.69. The van der Waals surface area contributed by atoms with Crippen LogP contribution < -0.4 is 0 Å². The van der Waals surface area contributed by atoms with Gasteiger partial charge in [0.05, 0.1) is 18.3 Å². The van der Waals surface area contributed by atoms with Crippen molar-refractivity contribution < 1.29 is 9.90 Å². The maximum Gasteiger partial charge on any atom is 0.274 e. The molecule has 1 N–H and O–H groups in total. The Kier molecular flexibility index (Phi) is 2.59. The average Bonchev–Trinajstić information content (AvgIpc) is 3.18. The number of carbonyl (C=O) groups is 1. The Hall–Kier alpha value is -1.49. The van der Waals surface area contributed by atoms with Gasteiger partial charge >= 0.3 is 0 Å². The molecule has 1 saturated heterocycles. The molecule has 0 bridgehead atoms. The van der Waals surface area contributed by atoms with Gasteiger partial charge in [-0.2, -0.15) is 0 Å². The third kappa shape index (κ3) is 1.79. The van der Waals surface area contributed by atoms with Crippen LogP contribution in [0.25, 0.3) is 0 Å². The van der Waals surface area contributed by atoms with Crippen molar-refractivity contribution in [2.24, 2.45) is 11.8 Å². The van der Waals surface area contributed by atoms with E-state index in [0.29, 0.717) is 24.7 Å². The summed E-state index contributed by atoms with van der Waals surface area (Å²) in [6.45, 7) is 3.04. The molecule has 1 aliphatic heterocycles. The van der Waals surface area contributed by atoms with Crippen molar-refractivity contribution in [2.75, 3.05) is 13.1 Å². The molecule has 2 fully saturated rings. The Bertz CT molecular complexity index is 461. The highest BCUT2D eigenvalue weighted by Crippen LogP contribution is 2.47. The van der Waals surface area contributed by atoms with Crippen LogP contribution in [-0.4, -0.2) is 44.6 Å². The molecule has 18 heavy (non-hydrogen) atoms. The van der Waals surface area contributed by atoms with E-state index < -0.39 is 5.60 Å². The van der Waals surface area contributed by atoms with Gasteiger partial charge in [0, 0.05) is 24.9 Å². The van der Waals surface area contributed by atoms with Crippen LogP contribution in [-0.2, 0) is 0 Å². The number of rotatable bonds is 2. The van der Waals surface area contributed by atoms with Gasteiger partial charge in [-0.25, -0.2) is 4.98 Å². The lowest BCUT2D eigenvalue weighted by molar-refractivity contribution is -0.00367. The lowest BCUT2D eigenvalue weighted by atomic mass is 9.88. The zero-order valence-electron chi connectivity index (χ0n) is 10.4. The van der Waals surface area contributed by atoms with E-state index in [1.807, 2.05) is 6.92 Å². The highest BCUT2D eigenvalue weighted by Gasteiger charge is 2.53. The Balaban J connectivity index is 1.77.